The molecule has 180 valence electrons. The fourth-order valence-electron chi connectivity index (χ4n) is 3.30. The first-order chi connectivity index (χ1) is 16.8. The third kappa shape index (κ3) is 5.44. The van der Waals surface area contributed by atoms with E-state index < -0.39 is 10.0 Å². The van der Waals surface area contributed by atoms with Crippen LogP contribution in [0.4, 0.5) is 5.82 Å². The predicted molar refractivity (Wildman–Crippen MR) is 134 cm³/mol. The summed E-state index contributed by atoms with van der Waals surface area (Å²) < 4.78 is 44.4. The molecule has 2 aromatic heterocycles. The highest BCUT2D eigenvalue weighted by Crippen LogP contribution is 2.38. The Kier molecular flexibility index (Phi) is 7.04. The van der Waals surface area contributed by atoms with Gasteiger partial charge in [0.05, 0.1) is 19.1 Å². The highest BCUT2D eigenvalue weighted by Gasteiger charge is 2.14. The number of carbonyl (C=O) groups is 1. The zero-order chi connectivity index (χ0) is 25.0. The number of hydrogen-bond acceptors (Lipinski definition) is 8. The number of sulfonamides is 1. The smallest absolute Gasteiger partial charge is 0.202 e. The van der Waals surface area contributed by atoms with Crippen molar-refractivity contribution in [1.29, 1.82) is 0 Å². The number of ether oxygens (including phenoxy) is 2. The molecule has 0 fully saturated rings. The summed E-state index contributed by atoms with van der Waals surface area (Å²) in [6, 6.07) is 14.6. The molecule has 8 nitrogen and oxygen atoms in total. The van der Waals surface area contributed by atoms with Crippen molar-refractivity contribution in [3.63, 3.8) is 0 Å². The number of aryl methyl sites for hydroxylation is 1. The Bertz CT molecular complexity index is 1470. The number of benzene rings is 2. The largest absolute Gasteiger partial charge is 0.496 e. The van der Waals surface area contributed by atoms with Crippen molar-refractivity contribution in [1.82, 2.24) is 5.16 Å². The van der Waals surface area contributed by atoms with Gasteiger partial charge in [-0.25, -0.2) is 8.42 Å². The van der Waals surface area contributed by atoms with Crippen molar-refractivity contribution in [3.8, 4) is 21.9 Å². The van der Waals surface area contributed by atoms with Crippen LogP contribution in [0.25, 0.3) is 21.2 Å². The molecule has 0 aliphatic heterocycles. The van der Waals surface area contributed by atoms with Crippen LogP contribution in [0, 0.1) is 6.92 Å². The molecular weight excluding hydrogens is 488 g/mol. The second-order valence-electron chi connectivity index (χ2n) is 7.36. The number of rotatable bonds is 9. The van der Waals surface area contributed by atoms with Crippen molar-refractivity contribution in [2.24, 2.45) is 0 Å². The van der Waals surface area contributed by atoms with Crippen molar-refractivity contribution in [2.45, 2.75) is 11.8 Å². The first-order valence-electron chi connectivity index (χ1n) is 10.3. The lowest BCUT2D eigenvalue weighted by Crippen LogP contribution is -2.00. The van der Waals surface area contributed by atoms with Gasteiger partial charge in [0, 0.05) is 27.6 Å². The van der Waals surface area contributed by atoms with Crippen molar-refractivity contribution in [2.75, 3.05) is 14.2 Å². The van der Waals surface area contributed by atoms with Gasteiger partial charge in [0.15, 0.2) is 5.78 Å². The van der Waals surface area contributed by atoms with E-state index in [0.717, 1.165) is 10.4 Å². The zero-order valence-corrected chi connectivity index (χ0v) is 20.7. The lowest BCUT2D eigenvalue weighted by molar-refractivity contribution is 0.104. The van der Waals surface area contributed by atoms with Crippen LogP contribution in [-0.2, 0) is 10.0 Å². The monoisotopic (exact) mass is 509 g/mol. The van der Waals surface area contributed by atoms with Crippen LogP contribution in [0.5, 0.6) is 11.5 Å². The SMILES string of the molecule is COc1cc(OC)c(-c2cccs2)cc1/C=C/C(=O)c1ccc(S(=O)(=O)[N-]c2cc(C)on2)cc1. The molecule has 35 heavy (non-hydrogen) atoms. The number of ketones is 1. The molecular formula is C25H21N2O6S2-. The third-order valence-electron chi connectivity index (χ3n) is 5.02. The Morgan fingerprint density at radius 1 is 1.06 bits per heavy atom. The molecule has 0 aliphatic carbocycles. The van der Waals surface area contributed by atoms with Gasteiger partial charge >= 0.3 is 0 Å². The minimum Gasteiger partial charge on any atom is -0.496 e. The highest BCUT2D eigenvalue weighted by molar-refractivity contribution is 7.94. The maximum Gasteiger partial charge on any atom is 0.202 e. The van der Waals surface area contributed by atoms with E-state index in [2.05, 4.69) is 9.88 Å². The van der Waals surface area contributed by atoms with Crippen molar-refractivity contribution >= 4 is 39.0 Å². The van der Waals surface area contributed by atoms with Crippen molar-refractivity contribution in [3.05, 3.63) is 87.7 Å². The first kappa shape index (κ1) is 24.2. The molecule has 0 unspecified atom stereocenters. The van der Waals surface area contributed by atoms with E-state index in [-0.39, 0.29) is 16.5 Å². The summed E-state index contributed by atoms with van der Waals surface area (Å²) in [6.07, 6.45) is 3.07. The van der Waals surface area contributed by atoms with E-state index in [1.165, 1.54) is 36.4 Å². The van der Waals surface area contributed by atoms with Gasteiger partial charge in [0.2, 0.25) is 10.0 Å². The lowest BCUT2D eigenvalue weighted by atomic mass is 10.0. The fraction of sp³-hybridized carbons (Fsp3) is 0.120. The Balaban J connectivity index is 1.55. The van der Waals surface area contributed by atoms with E-state index in [0.29, 0.717) is 28.4 Å². The Morgan fingerprint density at radius 3 is 2.40 bits per heavy atom. The lowest BCUT2D eigenvalue weighted by Gasteiger charge is -2.12. The quantitative estimate of drug-likeness (QED) is 0.200. The predicted octanol–water partition coefficient (Wildman–Crippen LogP) is 6.02. The Hall–Kier alpha value is -3.89. The molecule has 0 amide bonds. The van der Waals surface area contributed by atoms with Gasteiger partial charge < -0.3 is 18.7 Å². The molecule has 10 heteroatoms. The summed E-state index contributed by atoms with van der Waals surface area (Å²) in [5, 5.41) is 5.55. The number of aromatic nitrogens is 1. The number of carbonyl (C=O) groups excluding carboxylic acids is 1. The van der Waals surface area contributed by atoms with E-state index in [1.54, 1.807) is 44.6 Å². The van der Waals surface area contributed by atoms with E-state index >= 15 is 0 Å². The molecule has 0 bridgehead atoms. The molecule has 0 saturated heterocycles. The van der Waals surface area contributed by atoms with Crippen LogP contribution < -0.4 is 9.47 Å². The molecule has 0 saturated carbocycles. The summed E-state index contributed by atoms with van der Waals surface area (Å²) in [5.74, 6) is 1.32. The van der Waals surface area contributed by atoms with Gasteiger partial charge in [-0.1, -0.05) is 6.07 Å². The number of allylic oxidation sites excluding steroid dienone is 1. The van der Waals surface area contributed by atoms with Crippen LogP contribution in [0.2, 0.25) is 0 Å². The zero-order valence-electron chi connectivity index (χ0n) is 19.1. The standard InChI is InChI=1S/C25H21N2O6S2/c1-16-13-25(26-33-16)27-35(29,30)19-9-6-17(7-10-19)21(28)11-8-18-14-20(24-5-4-12-34-24)23(32-3)15-22(18)31-2/h4-15H,1-3H3/q-1/b11-8+. The summed E-state index contributed by atoms with van der Waals surface area (Å²) in [6.45, 7) is 1.64. The van der Waals surface area contributed by atoms with E-state index in [4.69, 9.17) is 14.0 Å². The maximum absolute atomic E-state index is 12.8. The van der Waals surface area contributed by atoms with Gasteiger partial charge in [-0.15, -0.1) is 11.3 Å². The van der Waals surface area contributed by atoms with E-state index in [1.807, 2.05) is 23.6 Å². The average molecular weight is 510 g/mol. The summed E-state index contributed by atoms with van der Waals surface area (Å²) in [4.78, 5) is 13.7. The van der Waals surface area contributed by atoms with Crippen molar-refractivity contribution < 1.29 is 27.2 Å². The molecule has 0 N–H and O–H groups in total. The summed E-state index contributed by atoms with van der Waals surface area (Å²) >= 11 is 1.58. The molecule has 0 radical (unpaired) electrons. The molecule has 0 aliphatic rings. The summed E-state index contributed by atoms with van der Waals surface area (Å²) in [7, 11) is -0.857. The maximum atomic E-state index is 12.8. The first-order valence-corrected chi connectivity index (χ1v) is 12.7. The van der Waals surface area contributed by atoms with E-state index in [9.17, 15) is 13.2 Å². The number of nitrogens with zero attached hydrogens (tertiary/aromatic N) is 2. The van der Waals surface area contributed by atoms with Crippen LogP contribution in [0.3, 0.4) is 0 Å². The molecule has 0 atom stereocenters. The average Bonchev–Trinajstić information content (AvgIpc) is 3.53. The summed E-state index contributed by atoms with van der Waals surface area (Å²) in [5.41, 5.74) is 1.91. The van der Waals surface area contributed by atoms with Gasteiger partial charge in [-0.3, -0.25) is 9.95 Å². The second-order valence-corrected chi connectivity index (χ2v) is 9.91. The number of hydrogen-bond donors (Lipinski definition) is 0. The fourth-order valence-corrected chi connectivity index (χ4v) is 4.97. The molecule has 0 spiro atoms. The molecule has 4 rings (SSSR count). The van der Waals surface area contributed by atoms with Gasteiger partial charge in [-0.05, 0) is 72.7 Å². The molecule has 2 heterocycles. The molecule has 2 aromatic carbocycles. The number of thiophene rings is 1. The van der Waals surface area contributed by atoms with Crippen LogP contribution in [0.15, 0.2) is 75.5 Å². The van der Waals surface area contributed by atoms with Crippen LogP contribution >= 0.6 is 11.3 Å². The Morgan fingerprint density at radius 2 is 1.80 bits per heavy atom. The second kappa shape index (κ2) is 10.2. The number of methoxy groups -OCH3 is 2. The van der Waals surface area contributed by atoms with Crippen LogP contribution in [0.1, 0.15) is 21.7 Å². The third-order valence-corrected chi connectivity index (χ3v) is 7.22. The minimum atomic E-state index is -3.99. The Labute approximate surface area is 206 Å². The van der Waals surface area contributed by atoms with Gasteiger partial charge in [0.1, 0.15) is 17.3 Å². The van der Waals surface area contributed by atoms with Crippen LogP contribution in [-0.4, -0.2) is 33.6 Å². The van der Waals surface area contributed by atoms with Gasteiger partial charge in [-0.2, -0.15) is 0 Å². The molecule has 4 aromatic rings. The normalized spacial score (nSPS) is 11.5. The topological polar surface area (TPSA) is 110 Å². The minimum absolute atomic E-state index is 0.0408. The van der Waals surface area contributed by atoms with Gasteiger partial charge in [0.25, 0.3) is 0 Å². The highest BCUT2D eigenvalue weighted by atomic mass is 32.2.